The van der Waals surface area contributed by atoms with Gasteiger partial charge in [-0.1, -0.05) is 66.7 Å². The van der Waals surface area contributed by atoms with Crippen LogP contribution in [0.25, 0.3) is 88.7 Å². The molecule has 0 aliphatic rings. The van der Waals surface area contributed by atoms with Gasteiger partial charge in [0.05, 0.1) is 103 Å². The van der Waals surface area contributed by atoms with Crippen molar-refractivity contribution in [2.45, 2.75) is 0 Å². The third-order valence-electron chi connectivity index (χ3n) is 10.4. The van der Waals surface area contributed by atoms with Crippen LogP contribution in [-0.2, 0) is 0 Å². The first-order valence-corrected chi connectivity index (χ1v) is 18.5. The normalized spacial score (nSPS) is 10.6. The van der Waals surface area contributed by atoms with Gasteiger partial charge in [-0.3, -0.25) is 0 Å². The Morgan fingerprint density at radius 2 is 0.750 bits per heavy atom. The molecule has 0 aliphatic carbocycles. The van der Waals surface area contributed by atoms with Crippen LogP contribution in [-0.4, -0.2) is 15.0 Å². The van der Waals surface area contributed by atoms with Gasteiger partial charge in [-0.15, -0.1) is 0 Å². The summed E-state index contributed by atoms with van der Waals surface area (Å²) in [6.07, 6.45) is 0. The van der Waals surface area contributed by atoms with E-state index in [1.807, 2.05) is 78.9 Å². The fourth-order valence-corrected chi connectivity index (χ4v) is 7.56. The minimum absolute atomic E-state index is 0.326. The molecule has 2 aromatic heterocycles. The van der Waals surface area contributed by atoms with Gasteiger partial charge in [0.25, 0.3) is 0 Å². The van der Waals surface area contributed by atoms with Crippen LogP contribution < -0.4 is 0 Å². The van der Waals surface area contributed by atoms with Crippen molar-refractivity contribution in [2.75, 3.05) is 0 Å². The molecule has 9 nitrogen and oxygen atoms in total. The van der Waals surface area contributed by atoms with E-state index in [9.17, 15) is 31.6 Å². The molecule has 0 saturated carbocycles. The molecule has 0 N–H and O–H groups in total. The Balaban J connectivity index is 1.42. The second-order valence-corrected chi connectivity index (χ2v) is 13.9. The molecule has 0 unspecified atom stereocenters. The molecular weight excluding hydrogens is 739 g/mol. The first kappa shape index (κ1) is 36.1. The van der Waals surface area contributed by atoms with Gasteiger partial charge in [-0.05, 0) is 95.1 Å². The quantitative estimate of drug-likeness (QED) is 0.154. The summed E-state index contributed by atoms with van der Waals surface area (Å²) >= 11 is 0. The van der Waals surface area contributed by atoms with Gasteiger partial charge in [0.2, 0.25) is 0 Å². The van der Waals surface area contributed by atoms with Crippen molar-refractivity contribution >= 4 is 32.7 Å². The lowest BCUT2D eigenvalue weighted by Gasteiger charge is -2.18. The Hall–Kier alpha value is -9.51. The highest BCUT2D eigenvalue weighted by Crippen LogP contribution is 2.44. The number of hydrogen-bond acceptors (Lipinski definition) is 9. The first-order valence-electron chi connectivity index (χ1n) is 18.5. The zero-order valence-corrected chi connectivity index (χ0v) is 31.3. The predicted molar refractivity (Wildman–Crippen MR) is 228 cm³/mol. The van der Waals surface area contributed by atoms with Crippen LogP contribution in [0.5, 0.6) is 0 Å². The Bertz CT molecular complexity index is 3460. The van der Waals surface area contributed by atoms with E-state index in [1.165, 1.54) is 0 Å². The zero-order valence-electron chi connectivity index (χ0n) is 31.3. The minimum atomic E-state index is 0.326. The fraction of sp³-hybridized carbons (Fsp3) is 0. The van der Waals surface area contributed by atoms with E-state index in [2.05, 4.69) is 36.4 Å². The molecule has 0 amide bonds. The third kappa shape index (κ3) is 6.33. The maximum atomic E-state index is 10.1. The Kier molecular flexibility index (Phi) is 8.95. The standard InChI is InChI=1S/C51H23N9/c52-24-30-5-9-38(10-6-30)49-50(39-11-7-31(25-53)8-12-39)60-51-45(59-49)23-43(41-21-34(28-56)18-35(22-41)29-57)46-42-3-1-2-4-44(42)58-48(47(46)51)37-15-13-36(14-16-37)40-19-32(26-54)17-33(20-40)27-55/h1-23H. The van der Waals surface area contributed by atoms with Gasteiger partial charge in [-0.25, -0.2) is 15.0 Å². The largest absolute Gasteiger partial charge is 0.247 e. The number of hydrogen-bond donors (Lipinski definition) is 0. The maximum Gasteiger partial charge on any atom is 0.0995 e. The van der Waals surface area contributed by atoms with E-state index in [1.54, 1.807) is 60.7 Å². The van der Waals surface area contributed by atoms with E-state index in [-0.39, 0.29) is 0 Å². The molecule has 7 aromatic carbocycles. The van der Waals surface area contributed by atoms with Crippen molar-refractivity contribution in [1.82, 2.24) is 15.0 Å². The zero-order chi connectivity index (χ0) is 41.3. The summed E-state index contributed by atoms with van der Waals surface area (Å²) in [6, 6.07) is 54.9. The van der Waals surface area contributed by atoms with E-state index >= 15 is 0 Å². The van der Waals surface area contributed by atoms with E-state index in [0.29, 0.717) is 83.5 Å². The summed E-state index contributed by atoms with van der Waals surface area (Å²) < 4.78 is 0. The van der Waals surface area contributed by atoms with Crippen LogP contribution in [0.4, 0.5) is 0 Å². The van der Waals surface area contributed by atoms with Crippen molar-refractivity contribution in [3.63, 3.8) is 0 Å². The highest BCUT2D eigenvalue weighted by molar-refractivity contribution is 6.25. The summed E-state index contributed by atoms with van der Waals surface area (Å²) in [5, 5.41) is 60.9. The van der Waals surface area contributed by atoms with E-state index < -0.39 is 0 Å². The van der Waals surface area contributed by atoms with Crippen molar-refractivity contribution in [3.8, 4) is 92.4 Å². The van der Waals surface area contributed by atoms with Crippen molar-refractivity contribution in [2.24, 2.45) is 0 Å². The number of pyridine rings is 1. The van der Waals surface area contributed by atoms with Crippen LogP contribution >= 0.6 is 0 Å². The van der Waals surface area contributed by atoms with Crippen molar-refractivity contribution < 1.29 is 0 Å². The van der Waals surface area contributed by atoms with Gasteiger partial charge in [0, 0.05) is 32.8 Å². The van der Waals surface area contributed by atoms with Crippen LogP contribution in [0.3, 0.4) is 0 Å². The van der Waals surface area contributed by atoms with Crippen LogP contribution in [0, 0.1) is 68.0 Å². The van der Waals surface area contributed by atoms with E-state index in [0.717, 1.165) is 38.6 Å². The lowest BCUT2D eigenvalue weighted by molar-refractivity contribution is 1.29. The number of nitrogens with zero attached hydrogens (tertiary/aromatic N) is 9. The highest BCUT2D eigenvalue weighted by atomic mass is 14.8. The molecule has 0 bridgehead atoms. The molecule has 9 rings (SSSR count). The average molecular weight is 762 g/mol. The molecule has 272 valence electrons. The molecule has 60 heavy (non-hydrogen) atoms. The Morgan fingerprint density at radius 3 is 1.28 bits per heavy atom. The summed E-state index contributed by atoms with van der Waals surface area (Å²) in [5.74, 6) is 0. The van der Waals surface area contributed by atoms with Gasteiger partial charge < -0.3 is 0 Å². The SMILES string of the molecule is N#Cc1ccc(-c2nc3cc(-c4cc(C#N)cc(C#N)c4)c4c5ccccc5nc(-c5ccc(-c6cc(C#N)cc(C#N)c6)cc5)c4c3nc2-c2ccc(C#N)cc2)cc1. The average Bonchev–Trinajstić information content (AvgIpc) is 3.32. The van der Waals surface area contributed by atoms with Gasteiger partial charge in [-0.2, -0.15) is 31.6 Å². The molecule has 0 saturated heterocycles. The lowest BCUT2D eigenvalue weighted by Crippen LogP contribution is -2.00. The number of aromatic nitrogens is 3. The summed E-state index contributed by atoms with van der Waals surface area (Å²) in [5.41, 5.74) is 10.9. The second kappa shape index (κ2) is 14.9. The number of nitriles is 6. The summed E-state index contributed by atoms with van der Waals surface area (Å²) in [6.45, 7) is 0. The van der Waals surface area contributed by atoms with Gasteiger partial charge >= 0.3 is 0 Å². The summed E-state index contributed by atoms with van der Waals surface area (Å²) in [7, 11) is 0. The van der Waals surface area contributed by atoms with Crippen molar-refractivity contribution in [3.05, 3.63) is 173 Å². The Morgan fingerprint density at radius 1 is 0.317 bits per heavy atom. The molecule has 0 radical (unpaired) electrons. The molecular formula is C51H23N9. The molecule has 0 spiro atoms. The lowest BCUT2D eigenvalue weighted by atomic mass is 9.89. The van der Waals surface area contributed by atoms with Crippen LogP contribution in [0.2, 0.25) is 0 Å². The molecule has 9 heteroatoms. The molecule has 0 aliphatic heterocycles. The van der Waals surface area contributed by atoms with Gasteiger partial charge in [0.1, 0.15) is 0 Å². The predicted octanol–water partition coefficient (Wildman–Crippen LogP) is 10.9. The maximum absolute atomic E-state index is 10.1. The number of fused-ring (bicyclic) bond motifs is 5. The smallest absolute Gasteiger partial charge is 0.0995 e. The van der Waals surface area contributed by atoms with Crippen LogP contribution in [0.1, 0.15) is 33.4 Å². The molecule has 9 aromatic rings. The summed E-state index contributed by atoms with van der Waals surface area (Å²) in [4.78, 5) is 16.0. The first-order chi connectivity index (χ1) is 29.4. The number of rotatable bonds is 5. The highest BCUT2D eigenvalue weighted by Gasteiger charge is 2.23. The third-order valence-corrected chi connectivity index (χ3v) is 10.4. The van der Waals surface area contributed by atoms with E-state index in [4.69, 9.17) is 15.0 Å². The number of benzene rings is 7. The number of para-hydroxylation sites is 1. The minimum Gasteiger partial charge on any atom is -0.247 e. The molecule has 0 atom stereocenters. The fourth-order valence-electron chi connectivity index (χ4n) is 7.56. The Labute approximate surface area is 343 Å². The second-order valence-electron chi connectivity index (χ2n) is 13.9. The van der Waals surface area contributed by atoms with Gasteiger partial charge in [0.15, 0.2) is 0 Å². The topological polar surface area (TPSA) is 181 Å². The molecule has 0 fully saturated rings. The van der Waals surface area contributed by atoms with Crippen LogP contribution in [0.15, 0.2) is 140 Å². The monoisotopic (exact) mass is 761 g/mol. The van der Waals surface area contributed by atoms with Crippen molar-refractivity contribution in [1.29, 1.82) is 31.6 Å². The molecule has 2 heterocycles.